The topological polar surface area (TPSA) is 61.8 Å². The number of benzene rings is 2. The Balaban J connectivity index is 1.61. The first kappa shape index (κ1) is 17.7. The highest BCUT2D eigenvalue weighted by Crippen LogP contribution is 2.29. The molecule has 1 saturated heterocycles. The van der Waals surface area contributed by atoms with Gasteiger partial charge in [-0.1, -0.05) is 29.8 Å². The summed E-state index contributed by atoms with van der Waals surface area (Å²) in [5, 5.41) is 12.7. The second-order valence-electron chi connectivity index (χ2n) is 6.21. The standard InChI is InChI=1S/C19H21ClN2O3/c1-22-8-9-25-16(12-22)11-21-19(24)14-4-2-13(3-5-14)15-6-7-18(23)17(20)10-15/h2-7,10,16,23H,8-9,11-12H2,1H3,(H,21,24)/t16-/m1/s1. The number of phenolic OH excluding ortho intramolecular Hbond substituents is 1. The number of ether oxygens (including phenoxy) is 1. The normalized spacial score (nSPS) is 18.1. The molecule has 1 atom stereocenters. The lowest BCUT2D eigenvalue weighted by atomic mass is 10.0. The van der Waals surface area contributed by atoms with Crippen LogP contribution in [0.25, 0.3) is 11.1 Å². The van der Waals surface area contributed by atoms with Gasteiger partial charge >= 0.3 is 0 Å². The van der Waals surface area contributed by atoms with E-state index in [1.165, 1.54) is 0 Å². The van der Waals surface area contributed by atoms with Gasteiger partial charge in [0.2, 0.25) is 0 Å². The molecule has 0 aliphatic carbocycles. The summed E-state index contributed by atoms with van der Waals surface area (Å²) >= 11 is 5.94. The summed E-state index contributed by atoms with van der Waals surface area (Å²) in [6.07, 6.45) is 0.0288. The summed E-state index contributed by atoms with van der Waals surface area (Å²) < 4.78 is 5.64. The fraction of sp³-hybridized carbons (Fsp3) is 0.316. The lowest BCUT2D eigenvalue weighted by molar-refractivity contribution is -0.0175. The fourth-order valence-corrected chi connectivity index (χ4v) is 2.98. The Morgan fingerprint density at radius 1 is 1.28 bits per heavy atom. The lowest BCUT2D eigenvalue weighted by Crippen LogP contribution is -2.45. The van der Waals surface area contributed by atoms with E-state index in [1.807, 2.05) is 19.2 Å². The molecule has 1 fully saturated rings. The van der Waals surface area contributed by atoms with Crippen LogP contribution in [-0.4, -0.2) is 55.3 Å². The molecular formula is C19H21ClN2O3. The highest BCUT2D eigenvalue weighted by atomic mass is 35.5. The van der Waals surface area contributed by atoms with Crippen molar-refractivity contribution in [2.75, 3.05) is 33.3 Å². The van der Waals surface area contributed by atoms with Gasteiger partial charge in [0.1, 0.15) is 5.75 Å². The van der Waals surface area contributed by atoms with E-state index in [4.69, 9.17) is 16.3 Å². The number of morpholine rings is 1. The van der Waals surface area contributed by atoms with Crippen LogP contribution in [0.1, 0.15) is 10.4 Å². The van der Waals surface area contributed by atoms with Gasteiger partial charge in [0.05, 0.1) is 17.7 Å². The monoisotopic (exact) mass is 360 g/mol. The Bertz CT molecular complexity index is 749. The molecule has 2 aromatic rings. The molecular weight excluding hydrogens is 340 g/mol. The minimum absolute atomic E-state index is 0.0288. The molecule has 0 bridgehead atoms. The zero-order valence-electron chi connectivity index (χ0n) is 14.0. The van der Waals surface area contributed by atoms with Crippen LogP contribution in [0, 0.1) is 0 Å². The number of phenols is 1. The van der Waals surface area contributed by atoms with Crippen LogP contribution in [0.3, 0.4) is 0 Å². The van der Waals surface area contributed by atoms with Crippen LogP contribution in [0.4, 0.5) is 0 Å². The molecule has 5 nitrogen and oxygen atoms in total. The Labute approximate surface area is 152 Å². The van der Waals surface area contributed by atoms with E-state index in [2.05, 4.69) is 10.2 Å². The number of hydrogen-bond acceptors (Lipinski definition) is 4. The van der Waals surface area contributed by atoms with Gasteiger partial charge in [-0.2, -0.15) is 0 Å². The van der Waals surface area contributed by atoms with Gasteiger partial charge in [0.15, 0.2) is 0 Å². The quantitative estimate of drug-likeness (QED) is 0.880. The van der Waals surface area contributed by atoms with Crippen LogP contribution in [0.15, 0.2) is 42.5 Å². The third-order valence-corrected chi connectivity index (χ3v) is 4.56. The lowest BCUT2D eigenvalue weighted by Gasteiger charge is -2.30. The molecule has 6 heteroatoms. The average molecular weight is 361 g/mol. The largest absolute Gasteiger partial charge is 0.506 e. The van der Waals surface area contributed by atoms with Crippen LogP contribution in [-0.2, 0) is 4.74 Å². The molecule has 0 radical (unpaired) electrons. The number of carbonyl (C=O) groups is 1. The first-order chi connectivity index (χ1) is 12.0. The summed E-state index contributed by atoms with van der Waals surface area (Å²) in [7, 11) is 2.05. The average Bonchev–Trinajstić information content (AvgIpc) is 2.62. The maximum Gasteiger partial charge on any atom is 0.251 e. The van der Waals surface area contributed by atoms with Crippen molar-refractivity contribution in [3.05, 3.63) is 53.1 Å². The predicted molar refractivity (Wildman–Crippen MR) is 98.1 cm³/mol. The smallest absolute Gasteiger partial charge is 0.251 e. The molecule has 2 aromatic carbocycles. The van der Waals surface area contributed by atoms with Crippen molar-refractivity contribution in [3.63, 3.8) is 0 Å². The van der Waals surface area contributed by atoms with E-state index < -0.39 is 0 Å². The SMILES string of the molecule is CN1CCO[C@H](CNC(=O)c2ccc(-c3ccc(O)c(Cl)c3)cc2)C1. The molecule has 1 amide bonds. The number of halogens is 1. The summed E-state index contributed by atoms with van der Waals surface area (Å²) in [4.78, 5) is 14.5. The summed E-state index contributed by atoms with van der Waals surface area (Å²) in [5.74, 6) is -0.0656. The summed E-state index contributed by atoms with van der Waals surface area (Å²) in [5.41, 5.74) is 2.40. The van der Waals surface area contributed by atoms with Crippen molar-refractivity contribution < 1.29 is 14.6 Å². The van der Waals surface area contributed by atoms with Gasteiger partial charge in [-0.05, 0) is 42.4 Å². The number of rotatable bonds is 4. The van der Waals surface area contributed by atoms with Crippen molar-refractivity contribution >= 4 is 17.5 Å². The van der Waals surface area contributed by atoms with Crippen LogP contribution in [0.5, 0.6) is 5.75 Å². The zero-order chi connectivity index (χ0) is 17.8. The maximum absolute atomic E-state index is 12.3. The molecule has 1 heterocycles. The van der Waals surface area contributed by atoms with E-state index in [0.29, 0.717) is 23.7 Å². The van der Waals surface area contributed by atoms with Crippen molar-refractivity contribution in [1.82, 2.24) is 10.2 Å². The van der Waals surface area contributed by atoms with Crippen molar-refractivity contribution in [2.45, 2.75) is 6.10 Å². The van der Waals surface area contributed by atoms with E-state index in [-0.39, 0.29) is 17.8 Å². The number of nitrogens with zero attached hydrogens (tertiary/aromatic N) is 1. The molecule has 25 heavy (non-hydrogen) atoms. The number of hydrogen-bond donors (Lipinski definition) is 2. The number of amides is 1. The Hall–Kier alpha value is -2.08. The van der Waals surface area contributed by atoms with Crippen molar-refractivity contribution in [1.29, 1.82) is 0 Å². The second-order valence-corrected chi connectivity index (χ2v) is 6.62. The minimum Gasteiger partial charge on any atom is -0.506 e. The fourth-order valence-electron chi connectivity index (χ4n) is 2.80. The molecule has 3 rings (SSSR count). The first-order valence-corrected chi connectivity index (χ1v) is 8.58. The molecule has 132 valence electrons. The summed E-state index contributed by atoms with van der Waals surface area (Å²) in [6.45, 7) is 2.94. The van der Waals surface area contributed by atoms with Gasteiger partial charge in [-0.3, -0.25) is 4.79 Å². The van der Waals surface area contributed by atoms with E-state index >= 15 is 0 Å². The molecule has 1 aliphatic rings. The van der Waals surface area contributed by atoms with Crippen molar-refractivity contribution in [2.24, 2.45) is 0 Å². The van der Waals surface area contributed by atoms with E-state index in [0.717, 1.165) is 24.2 Å². The number of aromatic hydroxyl groups is 1. The molecule has 0 spiro atoms. The van der Waals surface area contributed by atoms with Gasteiger partial charge in [0.25, 0.3) is 5.91 Å². The number of carbonyl (C=O) groups excluding carboxylic acids is 1. The number of likely N-dealkylation sites (N-methyl/N-ethyl adjacent to an activating group) is 1. The van der Waals surface area contributed by atoms with E-state index in [9.17, 15) is 9.90 Å². The number of nitrogens with one attached hydrogen (secondary N) is 1. The minimum atomic E-state index is -0.118. The molecule has 0 aromatic heterocycles. The first-order valence-electron chi connectivity index (χ1n) is 8.20. The van der Waals surface area contributed by atoms with Crippen LogP contribution < -0.4 is 5.32 Å². The zero-order valence-corrected chi connectivity index (χ0v) is 14.8. The van der Waals surface area contributed by atoms with Gasteiger partial charge < -0.3 is 20.1 Å². The molecule has 2 N–H and O–H groups in total. The van der Waals surface area contributed by atoms with Crippen LogP contribution >= 0.6 is 11.6 Å². The van der Waals surface area contributed by atoms with Gasteiger partial charge in [-0.25, -0.2) is 0 Å². The second kappa shape index (κ2) is 7.87. The highest BCUT2D eigenvalue weighted by molar-refractivity contribution is 6.32. The molecule has 0 saturated carbocycles. The Morgan fingerprint density at radius 3 is 2.68 bits per heavy atom. The van der Waals surface area contributed by atoms with Crippen molar-refractivity contribution in [3.8, 4) is 16.9 Å². The van der Waals surface area contributed by atoms with E-state index in [1.54, 1.807) is 30.3 Å². The predicted octanol–water partition coefficient (Wildman–Crippen LogP) is 2.77. The maximum atomic E-state index is 12.3. The Kier molecular flexibility index (Phi) is 5.58. The third kappa shape index (κ3) is 4.51. The Morgan fingerprint density at radius 2 is 2.00 bits per heavy atom. The van der Waals surface area contributed by atoms with Gasteiger partial charge in [-0.15, -0.1) is 0 Å². The third-order valence-electron chi connectivity index (χ3n) is 4.26. The molecule has 1 aliphatic heterocycles. The van der Waals surface area contributed by atoms with Crippen LogP contribution in [0.2, 0.25) is 5.02 Å². The van der Waals surface area contributed by atoms with Gasteiger partial charge in [0, 0.05) is 25.2 Å². The molecule has 0 unspecified atom stereocenters. The summed E-state index contributed by atoms with van der Waals surface area (Å²) in [6, 6.07) is 12.3. The highest BCUT2D eigenvalue weighted by Gasteiger charge is 2.18.